The topological polar surface area (TPSA) is 99.8 Å². The average molecular weight is 490 g/mol. The van der Waals surface area contributed by atoms with Crippen LogP contribution in [-0.4, -0.2) is 43.2 Å². The number of hydrogen-bond acceptors (Lipinski definition) is 6. The van der Waals surface area contributed by atoms with Crippen molar-refractivity contribution in [2.24, 2.45) is 5.41 Å². The van der Waals surface area contributed by atoms with E-state index in [0.717, 1.165) is 31.4 Å². The molecule has 1 unspecified atom stereocenters. The fraction of sp³-hybridized carbons (Fsp3) is 0.556. The van der Waals surface area contributed by atoms with E-state index in [-0.39, 0.29) is 45.9 Å². The first kappa shape index (κ1) is 22.0. The van der Waals surface area contributed by atoms with E-state index in [1.807, 2.05) is 32.3 Å². The predicted molar refractivity (Wildman–Crippen MR) is 133 cm³/mol. The average Bonchev–Trinajstić information content (AvgIpc) is 3.61. The van der Waals surface area contributed by atoms with Crippen LogP contribution in [0.1, 0.15) is 81.4 Å². The van der Waals surface area contributed by atoms with Crippen LogP contribution in [0.5, 0.6) is 5.88 Å². The lowest BCUT2D eigenvalue weighted by molar-refractivity contribution is -0.00627. The molecule has 7 rings (SSSR count). The van der Waals surface area contributed by atoms with Gasteiger partial charge < -0.3 is 19.4 Å². The summed E-state index contributed by atoms with van der Waals surface area (Å²) in [6.07, 6.45) is 11.7. The Hall–Kier alpha value is -3.20. The van der Waals surface area contributed by atoms with Gasteiger partial charge >= 0.3 is 0 Å². The normalized spacial score (nSPS) is 29.3. The Morgan fingerprint density at radius 3 is 2.69 bits per heavy atom. The van der Waals surface area contributed by atoms with Gasteiger partial charge in [0.1, 0.15) is 11.3 Å². The summed E-state index contributed by atoms with van der Waals surface area (Å²) in [6.45, 7) is 6.59. The quantitative estimate of drug-likeness (QED) is 0.564. The number of aromatic nitrogens is 4. The van der Waals surface area contributed by atoms with E-state index in [9.17, 15) is 9.59 Å². The predicted octanol–water partition coefficient (Wildman–Crippen LogP) is 3.87. The first-order valence-electron chi connectivity index (χ1n) is 12.9. The maximum absolute atomic E-state index is 13.4. The molecule has 0 radical (unpaired) electrons. The van der Waals surface area contributed by atoms with Gasteiger partial charge in [0.05, 0.1) is 24.0 Å². The highest BCUT2D eigenvalue weighted by atomic mass is 16.5. The first-order chi connectivity index (χ1) is 17.2. The number of fused-ring (bicyclic) bond motifs is 3. The minimum atomic E-state index is -0.433. The van der Waals surface area contributed by atoms with E-state index in [4.69, 9.17) is 14.5 Å². The summed E-state index contributed by atoms with van der Waals surface area (Å²) in [6, 6.07) is 3.72. The molecule has 36 heavy (non-hydrogen) atoms. The second-order valence-corrected chi connectivity index (χ2v) is 11.8. The molecule has 4 fully saturated rings. The summed E-state index contributed by atoms with van der Waals surface area (Å²) in [5.74, 6) is 0.259. The van der Waals surface area contributed by atoms with Crippen molar-refractivity contribution in [2.45, 2.75) is 82.5 Å². The van der Waals surface area contributed by atoms with Gasteiger partial charge in [0.25, 0.3) is 11.5 Å². The largest absolute Gasteiger partial charge is 0.474 e. The standard InChI is InChI=1S/C27H31N5O4/c1-16(2)36-22-17(21(33)28-18-5-4-10-32(23(18)34)20-11-26(20)8-9-26)12-31-13-19(29-24(31)30-22)27-7-6-25(3,14-27)35-15-27/h4-5,10,12-13,16,20H,6-9,11,14-15H2,1-3H3,(H,28,33)/t20?,25-,27-/m0/s1. The van der Waals surface area contributed by atoms with Crippen LogP contribution in [0.2, 0.25) is 0 Å². The molecule has 4 aliphatic rings. The van der Waals surface area contributed by atoms with Crippen molar-refractivity contribution in [3.8, 4) is 5.88 Å². The van der Waals surface area contributed by atoms with Gasteiger partial charge in [-0.15, -0.1) is 0 Å². The minimum absolute atomic E-state index is 0.0810. The molecule has 3 aromatic rings. The molecule has 1 aliphatic heterocycles. The second kappa shape index (κ2) is 7.18. The molecule has 0 aromatic carbocycles. The fourth-order valence-electron chi connectivity index (χ4n) is 6.34. The highest BCUT2D eigenvalue weighted by molar-refractivity contribution is 6.05. The molecule has 3 aliphatic carbocycles. The summed E-state index contributed by atoms with van der Waals surface area (Å²) in [7, 11) is 0. The van der Waals surface area contributed by atoms with Crippen LogP contribution < -0.4 is 15.6 Å². The molecule has 1 amide bonds. The van der Waals surface area contributed by atoms with E-state index < -0.39 is 5.91 Å². The molecule has 3 saturated carbocycles. The number of anilines is 1. The molecule has 188 valence electrons. The molecular weight excluding hydrogens is 458 g/mol. The molecule has 1 spiro atoms. The van der Waals surface area contributed by atoms with Gasteiger partial charge in [-0.2, -0.15) is 4.98 Å². The number of carbonyl (C=O) groups excluding carboxylic acids is 1. The number of rotatable bonds is 6. The molecular formula is C27H31N5O4. The summed E-state index contributed by atoms with van der Waals surface area (Å²) in [5.41, 5.74) is 1.43. The van der Waals surface area contributed by atoms with E-state index in [1.54, 1.807) is 21.2 Å². The smallest absolute Gasteiger partial charge is 0.274 e. The van der Waals surface area contributed by atoms with Crippen molar-refractivity contribution in [2.75, 3.05) is 11.9 Å². The molecule has 3 aromatic heterocycles. The SMILES string of the molecule is CC(C)Oc1nc2nc([C@@]34CC[C@@](C)(C3)OC4)cn2cc1C(=O)Nc1cccn(C2CC23CC3)c1=O. The van der Waals surface area contributed by atoms with Gasteiger partial charge in [0, 0.05) is 30.0 Å². The van der Waals surface area contributed by atoms with Gasteiger partial charge in [-0.1, -0.05) is 0 Å². The lowest BCUT2D eigenvalue weighted by atomic mass is 9.84. The van der Waals surface area contributed by atoms with E-state index in [2.05, 4.69) is 17.2 Å². The van der Waals surface area contributed by atoms with Crippen molar-refractivity contribution in [3.63, 3.8) is 0 Å². The number of nitrogens with one attached hydrogen (secondary N) is 1. The van der Waals surface area contributed by atoms with Crippen LogP contribution in [0.25, 0.3) is 5.78 Å². The Morgan fingerprint density at radius 1 is 1.22 bits per heavy atom. The Labute approximate surface area is 208 Å². The van der Waals surface area contributed by atoms with Crippen LogP contribution in [0.15, 0.2) is 35.5 Å². The third-order valence-electron chi connectivity index (χ3n) is 8.69. The third-order valence-corrected chi connectivity index (χ3v) is 8.69. The Morgan fingerprint density at radius 2 is 2.06 bits per heavy atom. The van der Waals surface area contributed by atoms with Gasteiger partial charge in [0.2, 0.25) is 11.7 Å². The summed E-state index contributed by atoms with van der Waals surface area (Å²) in [4.78, 5) is 36.0. The number of nitrogens with zero attached hydrogens (tertiary/aromatic N) is 4. The number of imidazole rings is 1. The van der Waals surface area contributed by atoms with E-state index in [0.29, 0.717) is 17.8 Å². The number of amides is 1. The van der Waals surface area contributed by atoms with Crippen molar-refractivity contribution in [1.29, 1.82) is 0 Å². The van der Waals surface area contributed by atoms with Crippen molar-refractivity contribution in [3.05, 3.63) is 52.3 Å². The van der Waals surface area contributed by atoms with Gasteiger partial charge in [-0.25, -0.2) is 4.98 Å². The van der Waals surface area contributed by atoms with Crippen LogP contribution in [-0.2, 0) is 10.2 Å². The van der Waals surface area contributed by atoms with Crippen molar-refractivity contribution in [1.82, 2.24) is 18.9 Å². The third kappa shape index (κ3) is 3.32. The van der Waals surface area contributed by atoms with E-state index >= 15 is 0 Å². The number of carbonyl (C=O) groups is 1. The van der Waals surface area contributed by atoms with Crippen LogP contribution >= 0.6 is 0 Å². The second-order valence-electron chi connectivity index (χ2n) is 11.8. The van der Waals surface area contributed by atoms with Gasteiger partial charge in [-0.3, -0.25) is 14.0 Å². The molecule has 4 heterocycles. The lowest BCUT2D eigenvalue weighted by Crippen LogP contribution is -2.26. The maximum atomic E-state index is 13.4. The van der Waals surface area contributed by atoms with Gasteiger partial charge in [-0.05, 0) is 76.8 Å². The maximum Gasteiger partial charge on any atom is 0.274 e. The molecule has 1 saturated heterocycles. The molecule has 3 atom stereocenters. The number of pyridine rings is 1. The van der Waals surface area contributed by atoms with Crippen molar-refractivity contribution < 1.29 is 14.3 Å². The monoisotopic (exact) mass is 489 g/mol. The molecule has 9 nitrogen and oxygen atoms in total. The first-order valence-corrected chi connectivity index (χ1v) is 12.9. The van der Waals surface area contributed by atoms with Crippen LogP contribution in [0.4, 0.5) is 5.69 Å². The molecule has 1 N–H and O–H groups in total. The number of hydrogen-bond donors (Lipinski definition) is 1. The summed E-state index contributed by atoms with van der Waals surface area (Å²) >= 11 is 0. The highest BCUT2D eigenvalue weighted by Gasteiger charge is 2.64. The Bertz CT molecular complexity index is 1460. The number of ether oxygens (including phenoxy) is 2. The summed E-state index contributed by atoms with van der Waals surface area (Å²) in [5, 5.41) is 2.82. The molecule has 9 heteroatoms. The zero-order chi connectivity index (χ0) is 24.9. The van der Waals surface area contributed by atoms with Crippen LogP contribution in [0, 0.1) is 5.41 Å². The zero-order valence-corrected chi connectivity index (χ0v) is 20.9. The van der Waals surface area contributed by atoms with E-state index in [1.165, 1.54) is 12.8 Å². The van der Waals surface area contributed by atoms with Gasteiger partial charge in [0.15, 0.2) is 0 Å². The highest BCUT2D eigenvalue weighted by Crippen LogP contribution is 2.72. The minimum Gasteiger partial charge on any atom is -0.474 e. The zero-order valence-electron chi connectivity index (χ0n) is 20.9. The summed E-state index contributed by atoms with van der Waals surface area (Å²) < 4.78 is 15.5. The molecule has 2 bridgehead atoms. The Kier molecular flexibility index (Phi) is 4.40. The van der Waals surface area contributed by atoms with Crippen molar-refractivity contribution >= 4 is 17.4 Å². The Balaban J connectivity index is 1.23. The fourth-order valence-corrected chi connectivity index (χ4v) is 6.34. The lowest BCUT2D eigenvalue weighted by Gasteiger charge is -2.24. The van der Waals surface area contributed by atoms with Crippen LogP contribution in [0.3, 0.4) is 0 Å².